The summed E-state index contributed by atoms with van der Waals surface area (Å²) >= 11 is 0. The highest BCUT2D eigenvalue weighted by Gasteiger charge is 2.42. The summed E-state index contributed by atoms with van der Waals surface area (Å²) in [5, 5.41) is 5.11. The number of carbonyl (C=O) groups is 3. The summed E-state index contributed by atoms with van der Waals surface area (Å²) in [6.07, 6.45) is 3.57. The molecule has 0 spiro atoms. The lowest BCUT2D eigenvalue weighted by Crippen LogP contribution is -2.51. The second-order valence-corrected chi connectivity index (χ2v) is 5.81. The zero-order valence-electron chi connectivity index (χ0n) is 13.8. The standard InChI is InChI=1S/C17H17N5O4/c18-13(23)11-3-1-4-12(9-11)21-14(24)15(25)22-17(5-8-26-10-17)16-19-6-2-7-20-16/h1-4,6-7,9H,5,8,10H2,(H2,18,23)(H,21,24)(H,22,25). The lowest BCUT2D eigenvalue weighted by atomic mass is 9.97. The molecule has 0 aliphatic carbocycles. The summed E-state index contributed by atoms with van der Waals surface area (Å²) in [4.78, 5) is 44.2. The van der Waals surface area contributed by atoms with Gasteiger partial charge in [0.25, 0.3) is 0 Å². The van der Waals surface area contributed by atoms with Gasteiger partial charge in [-0.15, -0.1) is 0 Å². The molecule has 1 saturated heterocycles. The minimum Gasteiger partial charge on any atom is -0.378 e. The van der Waals surface area contributed by atoms with Gasteiger partial charge >= 0.3 is 11.8 Å². The molecule has 0 radical (unpaired) electrons. The number of nitrogens with two attached hydrogens (primary N) is 1. The van der Waals surface area contributed by atoms with Crippen molar-refractivity contribution in [1.29, 1.82) is 0 Å². The Labute approximate surface area is 149 Å². The zero-order valence-corrected chi connectivity index (χ0v) is 13.8. The number of rotatable bonds is 4. The van der Waals surface area contributed by atoms with Gasteiger partial charge in [0.05, 0.1) is 6.61 Å². The summed E-state index contributed by atoms with van der Waals surface area (Å²) in [7, 11) is 0. The van der Waals surface area contributed by atoms with Crippen molar-refractivity contribution in [2.24, 2.45) is 5.73 Å². The Morgan fingerprint density at radius 1 is 1.12 bits per heavy atom. The molecule has 2 aromatic rings. The molecule has 1 atom stereocenters. The Hall–Kier alpha value is -3.33. The fraction of sp³-hybridized carbons (Fsp3) is 0.235. The van der Waals surface area contributed by atoms with E-state index in [1.807, 2.05) is 0 Å². The van der Waals surface area contributed by atoms with Crippen LogP contribution in [0.1, 0.15) is 22.6 Å². The third-order valence-electron chi connectivity index (χ3n) is 3.98. The van der Waals surface area contributed by atoms with Crippen LogP contribution < -0.4 is 16.4 Å². The van der Waals surface area contributed by atoms with E-state index >= 15 is 0 Å². The highest BCUT2D eigenvalue weighted by atomic mass is 16.5. The van der Waals surface area contributed by atoms with Gasteiger partial charge in [0, 0.05) is 36.7 Å². The number of hydrogen-bond donors (Lipinski definition) is 3. The van der Waals surface area contributed by atoms with Crippen LogP contribution in [0.4, 0.5) is 5.69 Å². The molecule has 134 valence electrons. The van der Waals surface area contributed by atoms with E-state index in [4.69, 9.17) is 10.5 Å². The van der Waals surface area contributed by atoms with Gasteiger partial charge in [-0.25, -0.2) is 9.97 Å². The average Bonchev–Trinajstić information content (AvgIpc) is 3.12. The van der Waals surface area contributed by atoms with Crippen LogP contribution in [0.15, 0.2) is 42.7 Å². The average molecular weight is 355 g/mol. The number of carbonyl (C=O) groups excluding carboxylic acids is 3. The number of benzene rings is 1. The number of nitrogens with one attached hydrogen (secondary N) is 2. The number of amides is 3. The Morgan fingerprint density at radius 3 is 2.54 bits per heavy atom. The molecule has 0 saturated carbocycles. The summed E-state index contributed by atoms with van der Waals surface area (Å²) in [6.45, 7) is 0.591. The molecule has 3 amide bonds. The molecule has 1 aromatic carbocycles. The van der Waals surface area contributed by atoms with Gasteiger partial charge in [0.1, 0.15) is 5.54 Å². The lowest BCUT2D eigenvalue weighted by Gasteiger charge is -2.26. The minimum absolute atomic E-state index is 0.174. The lowest BCUT2D eigenvalue weighted by molar-refractivity contribution is -0.137. The number of anilines is 1. The van der Waals surface area contributed by atoms with E-state index in [2.05, 4.69) is 20.6 Å². The van der Waals surface area contributed by atoms with E-state index in [1.165, 1.54) is 12.1 Å². The van der Waals surface area contributed by atoms with Crippen molar-refractivity contribution in [2.75, 3.05) is 18.5 Å². The third-order valence-corrected chi connectivity index (χ3v) is 3.98. The summed E-state index contributed by atoms with van der Waals surface area (Å²) < 4.78 is 5.38. The van der Waals surface area contributed by atoms with Crippen LogP contribution in [0.5, 0.6) is 0 Å². The molecule has 1 fully saturated rings. The molecule has 1 aliphatic heterocycles. The molecule has 9 nitrogen and oxygen atoms in total. The number of primary amides is 1. The third kappa shape index (κ3) is 3.67. The maximum Gasteiger partial charge on any atom is 0.313 e. The van der Waals surface area contributed by atoms with Gasteiger partial charge in [0.2, 0.25) is 5.91 Å². The number of ether oxygens (including phenoxy) is 1. The fourth-order valence-electron chi connectivity index (χ4n) is 2.65. The molecule has 4 N–H and O–H groups in total. The Balaban J connectivity index is 1.73. The largest absolute Gasteiger partial charge is 0.378 e. The topological polar surface area (TPSA) is 136 Å². The van der Waals surface area contributed by atoms with Gasteiger partial charge in [-0.05, 0) is 24.3 Å². The van der Waals surface area contributed by atoms with Crippen LogP contribution in [0.3, 0.4) is 0 Å². The maximum atomic E-state index is 12.4. The molecule has 9 heteroatoms. The highest BCUT2D eigenvalue weighted by molar-refractivity contribution is 6.39. The number of nitrogens with zero attached hydrogens (tertiary/aromatic N) is 2. The van der Waals surface area contributed by atoms with E-state index in [0.717, 1.165) is 0 Å². The molecule has 0 bridgehead atoms. The molecule has 3 rings (SSSR count). The SMILES string of the molecule is NC(=O)c1cccc(NC(=O)C(=O)NC2(c3ncccn3)CCOC2)c1. The summed E-state index contributed by atoms with van der Waals surface area (Å²) in [5.41, 5.74) is 4.76. The van der Waals surface area contributed by atoms with Crippen LogP contribution >= 0.6 is 0 Å². The van der Waals surface area contributed by atoms with Crippen molar-refractivity contribution in [2.45, 2.75) is 12.0 Å². The summed E-state index contributed by atoms with van der Waals surface area (Å²) in [6, 6.07) is 7.66. The van der Waals surface area contributed by atoms with Gasteiger partial charge in [-0.1, -0.05) is 6.07 Å². The van der Waals surface area contributed by atoms with E-state index in [1.54, 1.807) is 30.6 Å². The first-order valence-electron chi connectivity index (χ1n) is 7.89. The normalized spacial score (nSPS) is 18.9. The minimum atomic E-state index is -0.954. The van der Waals surface area contributed by atoms with Crippen molar-refractivity contribution >= 4 is 23.4 Å². The van der Waals surface area contributed by atoms with E-state index in [0.29, 0.717) is 18.9 Å². The maximum absolute atomic E-state index is 12.4. The van der Waals surface area contributed by atoms with Crippen molar-refractivity contribution in [1.82, 2.24) is 15.3 Å². The predicted octanol–water partition coefficient (Wildman–Crippen LogP) is -0.0540. The first-order valence-corrected chi connectivity index (χ1v) is 7.89. The van der Waals surface area contributed by atoms with Crippen molar-refractivity contribution < 1.29 is 19.1 Å². The number of hydrogen-bond acceptors (Lipinski definition) is 6. The Kier molecular flexibility index (Phi) is 4.90. The van der Waals surface area contributed by atoms with Crippen molar-refractivity contribution in [3.63, 3.8) is 0 Å². The van der Waals surface area contributed by atoms with E-state index in [-0.39, 0.29) is 17.9 Å². The van der Waals surface area contributed by atoms with Gasteiger partial charge in [0.15, 0.2) is 5.82 Å². The second-order valence-electron chi connectivity index (χ2n) is 5.81. The smallest absolute Gasteiger partial charge is 0.313 e. The Bertz CT molecular complexity index is 834. The molecule has 26 heavy (non-hydrogen) atoms. The molecular weight excluding hydrogens is 338 g/mol. The second kappa shape index (κ2) is 7.28. The van der Waals surface area contributed by atoms with Crippen molar-refractivity contribution in [3.8, 4) is 0 Å². The predicted molar refractivity (Wildman–Crippen MR) is 90.9 cm³/mol. The van der Waals surface area contributed by atoms with Crippen LogP contribution in [0.2, 0.25) is 0 Å². The molecular formula is C17H17N5O4. The van der Waals surface area contributed by atoms with Crippen LogP contribution in [-0.4, -0.2) is 40.9 Å². The first-order chi connectivity index (χ1) is 12.5. The molecule has 1 aromatic heterocycles. The quantitative estimate of drug-likeness (QED) is 0.658. The molecule has 1 unspecified atom stereocenters. The van der Waals surface area contributed by atoms with Crippen LogP contribution in [0.25, 0.3) is 0 Å². The Morgan fingerprint density at radius 2 is 1.88 bits per heavy atom. The van der Waals surface area contributed by atoms with Crippen molar-refractivity contribution in [3.05, 3.63) is 54.1 Å². The highest BCUT2D eigenvalue weighted by Crippen LogP contribution is 2.27. The zero-order chi connectivity index (χ0) is 18.6. The fourth-order valence-corrected chi connectivity index (χ4v) is 2.65. The van der Waals surface area contributed by atoms with Crippen LogP contribution in [-0.2, 0) is 19.9 Å². The van der Waals surface area contributed by atoms with E-state index < -0.39 is 23.3 Å². The van der Waals surface area contributed by atoms with Crippen LogP contribution in [0, 0.1) is 0 Å². The number of aromatic nitrogens is 2. The monoisotopic (exact) mass is 355 g/mol. The van der Waals surface area contributed by atoms with Gasteiger partial charge < -0.3 is 21.1 Å². The van der Waals surface area contributed by atoms with E-state index in [9.17, 15) is 14.4 Å². The first kappa shape index (κ1) is 17.5. The molecule has 2 heterocycles. The molecule has 1 aliphatic rings. The summed E-state index contributed by atoms with van der Waals surface area (Å²) in [5.74, 6) is -1.98. The van der Waals surface area contributed by atoms with Gasteiger partial charge in [-0.3, -0.25) is 14.4 Å². The van der Waals surface area contributed by atoms with Gasteiger partial charge in [-0.2, -0.15) is 0 Å².